The van der Waals surface area contributed by atoms with E-state index in [0.29, 0.717) is 18.8 Å². The van der Waals surface area contributed by atoms with Gasteiger partial charge < -0.3 is 10.2 Å². The first-order valence-corrected chi connectivity index (χ1v) is 6.99. The minimum atomic E-state index is -0.785. The van der Waals surface area contributed by atoms with Crippen molar-refractivity contribution in [3.63, 3.8) is 0 Å². The molecule has 1 fully saturated rings. The fourth-order valence-electron chi connectivity index (χ4n) is 1.89. The Hall–Kier alpha value is -1.89. The molecule has 0 atom stereocenters. The van der Waals surface area contributed by atoms with Crippen molar-refractivity contribution in [2.75, 3.05) is 25.0 Å². The zero-order valence-corrected chi connectivity index (χ0v) is 12.5. The summed E-state index contributed by atoms with van der Waals surface area (Å²) in [7, 11) is 0. The predicted molar refractivity (Wildman–Crippen MR) is 77.1 cm³/mol. The van der Waals surface area contributed by atoms with Crippen LogP contribution in [0.1, 0.15) is 6.92 Å². The van der Waals surface area contributed by atoms with Crippen molar-refractivity contribution in [2.45, 2.75) is 6.92 Å². The van der Waals surface area contributed by atoms with E-state index >= 15 is 0 Å². The van der Waals surface area contributed by atoms with Crippen LogP contribution < -0.4 is 5.32 Å². The highest BCUT2D eigenvalue weighted by atomic mass is 79.9. The molecule has 20 heavy (non-hydrogen) atoms. The second kappa shape index (κ2) is 6.04. The van der Waals surface area contributed by atoms with E-state index in [9.17, 15) is 14.4 Å². The van der Waals surface area contributed by atoms with E-state index in [-0.39, 0.29) is 6.54 Å². The van der Waals surface area contributed by atoms with E-state index < -0.39 is 17.8 Å². The first-order chi connectivity index (χ1) is 9.52. The van der Waals surface area contributed by atoms with Crippen LogP contribution in [-0.4, -0.2) is 47.3 Å². The van der Waals surface area contributed by atoms with Crippen LogP contribution in [0.5, 0.6) is 0 Å². The van der Waals surface area contributed by atoms with Gasteiger partial charge in [0.1, 0.15) is 0 Å². The summed E-state index contributed by atoms with van der Waals surface area (Å²) < 4.78 is 0.887. The van der Waals surface area contributed by atoms with Crippen LogP contribution >= 0.6 is 15.9 Å². The van der Waals surface area contributed by atoms with E-state index in [0.717, 1.165) is 9.37 Å². The number of hydrogen-bond acceptors (Lipinski definition) is 3. The standard InChI is InChI=1S/C13H14BrN3O3/c1-2-16-7-8-17(12(19)11(16)18)13(20)15-10-5-3-9(14)4-6-10/h3-6H,2,7-8H2,1H3,(H,15,20). The second-order valence-corrected chi connectivity index (χ2v) is 5.19. The molecule has 1 heterocycles. The Kier molecular flexibility index (Phi) is 4.39. The number of urea groups is 1. The van der Waals surface area contributed by atoms with Gasteiger partial charge in [-0.15, -0.1) is 0 Å². The zero-order valence-electron chi connectivity index (χ0n) is 10.9. The molecule has 1 aromatic rings. The Morgan fingerprint density at radius 2 is 1.85 bits per heavy atom. The number of likely N-dealkylation sites (N-methyl/N-ethyl adjacent to an activating group) is 1. The van der Waals surface area contributed by atoms with E-state index in [1.54, 1.807) is 31.2 Å². The molecule has 4 amide bonds. The van der Waals surface area contributed by atoms with Gasteiger partial charge in [0.15, 0.2) is 0 Å². The molecular weight excluding hydrogens is 326 g/mol. The Morgan fingerprint density at radius 3 is 2.45 bits per heavy atom. The molecule has 0 spiro atoms. The molecule has 106 valence electrons. The van der Waals surface area contributed by atoms with Crippen LogP contribution in [0.4, 0.5) is 10.5 Å². The number of piperazine rings is 1. The second-order valence-electron chi connectivity index (χ2n) is 4.28. The molecule has 0 aromatic heterocycles. The number of nitrogens with one attached hydrogen (secondary N) is 1. The number of carbonyl (C=O) groups excluding carboxylic acids is 3. The summed E-state index contributed by atoms with van der Waals surface area (Å²) in [5.41, 5.74) is 0.566. The van der Waals surface area contributed by atoms with Crippen molar-refractivity contribution >= 4 is 39.5 Å². The SMILES string of the molecule is CCN1CCN(C(=O)Nc2ccc(Br)cc2)C(=O)C1=O. The van der Waals surface area contributed by atoms with Gasteiger partial charge in [0.2, 0.25) is 0 Å². The summed E-state index contributed by atoms with van der Waals surface area (Å²) in [4.78, 5) is 37.9. The number of imide groups is 1. The van der Waals surface area contributed by atoms with Gasteiger partial charge in [0, 0.05) is 29.8 Å². The van der Waals surface area contributed by atoms with E-state index in [2.05, 4.69) is 21.2 Å². The Balaban J connectivity index is 2.04. The third-order valence-corrected chi connectivity index (χ3v) is 3.56. The normalized spacial score (nSPS) is 15.5. The average Bonchev–Trinajstić information content (AvgIpc) is 2.44. The minimum absolute atomic E-state index is 0.209. The summed E-state index contributed by atoms with van der Waals surface area (Å²) in [6.07, 6.45) is 0. The lowest BCUT2D eigenvalue weighted by atomic mass is 10.3. The molecule has 0 radical (unpaired) electrons. The maximum Gasteiger partial charge on any atom is 0.329 e. The van der Waals surface area contributed by atoms with Gasteiger partial charge in [-0.2, -0.15) is 0 Å². The highest BCUT2D eigenvalue weighted by molar-refractivity contribution is 9.10. The van der Waals surface area contributed by atoms with Crippen LogP contribution in [0.3, 0.4) is 0 Å². The molecular formula is C13H14BrN3O3. The maximum absolute atomic E-state index is 12.0. The predicted octanol–water partition coefficient (Wildman–Crippen LogP) is 1.67. The molecule has 0 unspecified atom stereocenters. The monoisotopic (exact) mass is 339 g/mol. The number of rotatable bonds is 2. The van der Waals surface area contributed by atoms with Gasteiger partial charge in [-0.3, -0.25) is 14.5 Å². The van der Waals surface area contributed by atoms with E-state index in [1.165, 1.54) is 4.90 Å². The van der Waals surface area contributed by atoms with Crippen molar-refractivity contribution in [3.05, 3.63) is 28.7 Å². The third kappa shape index (κ3) is 2.98. The van der Waals surface area contributed by atoms with Gasteiger partial charge in [-0.05, 0) is 31.2 Å². The molecule has 1 aliphatic rings. The molecule has 0 aliphatic carbocycles. The Morgan fingerprint density at radius 1 is 1.20 bits per heavy atom. The Labute approximate surface area is 124 Å². The Bertz CT molecular complexity index is 544. The lowest BCUT2D eigenvalue weighted by Crippen LogP contribution is -2.56. The van der Waals surface area contributed by atoms with Gasteiger partial charge in [-0.25, -0.2) is 4.79 Å². The largest absolute Gasteiger partial charge is 0.333 e. The van der Waals surface area contributed by atoms with Crippen molar-refractivity contribution in [2.24, 2.45) is 0 Å². The van der Waals surface area contributed by atoms with Crippen LogP contribution in [0, 0.1) is 0 Å². The quantitative estimate of drug-likeness (QED) is 0.833. The number of hydrogen-bond donors (Lipinski definition) is 1. The summed E-state index contributed by atoms with van der Waals surface area (Å²) in [6.45, 7) is 2.84. The summed E-state index contributed by atoms with van der Waals surface area (Å²) in [5, 5.41) is 2.60. The third-order valence-electron chi connectivity index (χ3n) is 3.03. The lowest BCUT2D eigenvalue weighted by molar-refractivity contribution is -0.153. The lowest BCUT2D eigenvalue weighted by Gasteiger charge is -2.31. The number of halogens is 1. The highest BCUT2D eigenvalue weighted by Gasteiger charge is 2.35. The molecule has 7 heteroatoms. The van der Waals surface area contributed by atoms with E-state index in [1.807, 2.05) is 0 Å². The summed E-state index contributed by atoms with van der Waals surface area (Å²) in [6, 6.07) is 6.38. The van der Waals surface area contributed by atoms with Crippen molar-refractivity contribution in [1.82, 2.24) is 9.80 Å². The van der Waals surface area contributed by atoms with Crippen LogP contribution in [0.2, 0.25) is 0 Å². The molecule has 1 aliphatic heterocycles. The average molecular weight is 340 g/mol. The number of nitrogens with zero attached hydrogens (tertiary/aromatic N) is 2. The number of benzene rings is 1. The fourth-order valence-corrected chi connectivity index (χ4v) is 2.16. The van der Waals surface area contributed by atoms with E-state index in [4.69, 9.17) is 0 Å². The van der Waals surface area contributed by atoms with Gasteiger partial charge >= 0.3 is 17.8 Å². The zero-order chi connectivity index (χ0) is 14.7. The first-order valence-electron chi connectivity index (χ1n) is 6.20. The molecule has 2 rings (SSSR count). The first kappa shape index (κ1) is 14.5. The topological polar surface area (TPSA) is 69.7 Å². The summed E-state index contributed by atoms with van der Waals surface area (Å²) in [5.74, 6) is -1.42. The van der Waals surface area contributed by atoms with Gasteiger partial charge in [0.25, 0.3) is 0 Å². The smallest absolute Gasteiger partial charge is 0.329 e. The number of amides is 4. The van der Waals surface area contributed by atoms with Gasteiger partial charge in [0.05, 0.1) is 0 Å². The number of anilines is 1. The molecule has 0 saturated carbocycles. The molecule has 6 nitrogen and oxygen atoms in total. The van der Waals surface area contributed by atoms with Crippen molar-refractivity contribution < 1.29 is 14.4 Å². The van der Waals surface area contributed by atoms with Crippen LogP contribution in [-0.2, 0) is 9.59 Å². The molecule has 1 saturated heterocycles. The highest BCUT2D eigenvalue weighted by Crippen LogP contribution is 2.15. The van der Waals surface area contributed by atoms with Crippen LogP contribution in [0.25, 0.3) is 0 Å². The number of carbonyl (C=O) groups is 3. The minimum Gasteiger partial charge on any atom is -0.333 e. The molecule has 0 bridgehead atoms. The summed E-state index contributed by atoms with van der Waals surface area (Å²) >= 11 is 3.29. The maximum atomic E-state index is 12.0. The van der Waals surface area contributed by atoms with Crippen LogP contribution in [0.15, 0.2) is 28.7 Å². The molecule has 1 aromatic carbocycles. The van der Waals surface area contributed by atoms with Gasteiger partial charge in [-0.1, -0.05) is 15.9 Å². The molecule has 1 N–H and O–H groups in total. The van der Waals surface area contributed by atoms with Crippen molar-refractivity contribution in [3.8, 4) is 0 Å². The van der Waals surface area contributed by atoms with Crippen molar-refractivity contribution in [1.29, 1.82) is 0 Å². The fraction of sp³-hybridized carbons (Fsp3) is 0.308.